The van der Waals surface area contributed by atoms with Crippen molar-refractivity contribution in [3.05, 3.63) is 58.3 Å². The second-order valence-corrected chi connectivity index (χ2v) is 4.75. The average molecular weight is 282 g/mol. The van der Waals surface area contributed by atoms with E-state index in [4.69, 9.17) is 16.0 Å². The molecular weight excluding hydrogens is 265 g/mol. The van der Waals surface area contributed by atoms with Gasteiger partial charge in [-0.05, 0) is 30.8 Å². The number of benzene rings is 1. The second-order valence-electron chi connectivity index (χ2n) is 4.31. The SMILES string of the molecule is CCNC(c1ccc(CC)o1)c1ccc(Cl)cc1F. The van der Waals surface area contributed by atoms with Gasteiger partial charge < -0.3 is 9.73 Å². The molecule has 0 aliphatic heterocycles. The smallest absolute Gasteiger partial charge is 0.129 e. The van der Waals surface area contributed by atoms with E-state index in [0.29, 0.717) is 10.6 Å². The summed E-state index contributed by atoms with van der Waals surface area (Å²) in [7, 11) is 0. The van der Waals surface area contributed by atoms with Crippen molar-refractivity contribution >= 4 is 11.6 Å². The van der Waals surface area contributed by atoms with Crippen molar-refractivity contribution in [1.82, 2.24) is 5.32 Å². The molecule has 0 radical (unpaired) electrons. The zero-order valence-corrected chi connectivity index (χ0v) is 11.8. The lowest BCUT2D eigenvalue weighted by Gasteiger charge is -2.17. The Labute approximate surface area is 117 Å². The molecule has 2 rings (SSSR count). The molecule has 0 bridgehead atoms. The minimum Gasteiger partial charge on any atom is -0.464 e. The Morgan fingerprint density at radius 2 is 2.05 bits per heavy atom. The zero-order chi connectivity index (χ0) is 13.8. The van der Waals surface area contributed by atoms with Crippen LogP contribution in [-0.2, 0) is 6.42 Å². The van der Waals surface area contributed by atoms with Gasteiger partial charge in [0, 0.05) is 17.0 Å². The molecule has 1 aromatic carbocycles. The fraction of sp³-hybridized carbons (Fsp3) is 0.333. The normalized spacial score (nSPS) is 12.6. The highest BCUT2D eigenvalue weighted by atomic mass is 35.5. The number of rotatable bonds is 5. The molecule has 0 spiro atoms. The molecule has 1 heterocycles. The van der Waals surface area contributed by atoms with Crippen molar-refractivity contribution in [3.63, 3.8) is 0 Å². The van der Waals surface area contributed by atoms with Crippen molar-refractivity contribution in [2.45, 2.75) is 26.3 Å². The minimum absolute atomic E-state index is 0.289. The lowest BCUT2D eigenvalue weighted by molar-refractivity contribution is 0.418. The van der Waals surface area contributed by atoms with Crippen LogP contribution in [0.4, 0.5) is 4.39 Å². The molecule has 1 atom stereocenters. The number of nitrogens with one attached hydrogen (secondary N) is 1. The van der Waals surface area contributed by atoms with Gasteiger partial charge in [0.15, 0.2) is 0 Å². The monoisotopic (exact) mass is 281 g/mol. The summed E-state index contributed by atoms with van der Waals surface area (Å²) < 4.78 is 19.8. The van der Waals surface area contributed by atoms with E-state index in [1.807, 2.05) is 26.0 Å². The molecule has 1 unspecified atom stereocenters. The highest BCUT2D eigenvalue weighted by molar-refractivity contribution is 6.30. The van der Waals surface area contributed by atoms with E-state index in [2.05, 4.69) is 5.32 Å². The predicted molar refractivity (Wildman–Crippen MR) is 75.0 cm³/mol. The van der Waals surface area contributed by atoms with Gasteiger partial charge in [0.1, 0.15) is 17.3 Å². The molecule has 0 aliphatic rings. The van der Waals surface area contributed by atoms with Gasteiger partial charge in [-0.25, -0.2) is 4.39 Å². The van der Waals surface area contributed by atoms with Crippen molar-refractivity contribution < 1.29 is 8.81 Å². The van der Waals surface area contributed by atoms with E-state index in [0.717, 1.165) is 24.5 Å². The number of furan rings is 1. The van der Waals surface area contributed by atoms with Crippen LogP contribution in [0.3, 0.4) is 0 Å². The van der Waals surface area contributed by atoms with Crippen LogP contribution in [0, 0.1) is 5.82 Å². The van der Waals surface area contributed by atoms with E-state index in [1.54, 1.807) is 12.1 Å². The van der Waals surface area contributed by atoms with Gasteiger partial charge in [-0.3, -0.25) is 0 Å². The largest absolute Gasteiger partial charge is 0.464 e. The maximum absolute atomic E-state index is 14.0. The molecule has 1 aromatic heterocycles. The molecule has 19 heavy (non-hydrogen) atoms. The standard InChI is InChI=1S/C15H17ClFNO/c1-3-11-6-8-14(19-11)15(18-4-2)12-7-5-10(16)9-13(12)17/h5-9,15,18H,3-4H2,1-2H3. The highest BCUT2D eigenvalue weighted by Crippen LogP contribution is 2.27. The summed E-state index contributed by atoms with van der Waals surface area (Å²) in [6.07, 6.45) is 0.821. The van der Waals surface area contributed by atoms with Crippen LogP contribution in [0.2, 0.25) is 5.02 Å². The van der Waals surface area contributed by atoms with Gasteiger partial charge in [-0.15, -0.1) is 0 Å². The molecular formula is C15H17ClFNO. The van der Waals surface area contributed by atoms with Crippen LogP contribution in [0.15, 0.2) is 34.7 Å². The van der Waals surface area contributed by atoms with E-state index in [1.165, 1.54) is 6.07 Å². The number of aryl methyl sites for hydroxylation is 1. The van der Waals surface area contributed by atoms with E-state index >= 15 is 0 Å². The van der Waals surface area contributed by atoms with Crippen molar-refractivity contribution in [2.24, 2.45) is 0 Å². The Hall–Kier alpha value is -1.32. The molecule has 2 nitrogen and oxygen atoms in total. The molecule has 0 amide bonds. The van der Waals surface area contributed by atoms with E-state index in [9.17, 15) is 4.39 Å². The van der Waals surface area contributed by atoms with Gasteiger partial charge in [0.2, 0.25) is 0 Å². The first-order chi connectivity index (χ1) is 9.15. The zero-order valence-electron chi connectivity index (χ0n) is 11.0. The maximum Gasteiger partial charge on any atom is 0.129 e. The molecule has 0 aliphatic carbocycles. The van der Waals surface area contributed by atoms with Crippen molar-refractivity contribution in [1.29, 1.82) is 0 Å². The predicted octanol–water partition coefficient (Wildman–Crippen LogP) is 4.33. The van der Waals surface area contributed by atoms with Crippen molar-refractivity contribution in [2.75, 3.05) is 6.54 Å². The van der Waals surface area contributed by atoms with Crippen LogP contribution in [-0.4, -0.2) is 6.54 Å². The summed E-state index contributed by atoms with van der Waals surface area (Å²) in [6.45, 7) is 4.72. The fourth-order valence-corrected chi connectivity index (χ4v) is 2.20. The summed E-state index contributed by atoms with van der Waals surface area (Å²) in [5.41, 5.74) is 0.545. The topological polar surface area (TPSA) is 25.2 Å². The Kier molecular flexibility index (Phi) is 4.61. The summed E-state index contributed by atoms with van der Waals surface area (Å²) >= 11 is 5.79. The van der Waals surface area contributed by atoms with Gasteiger partial charge >= 0.3 is 0 Å². The molecule has 2 aromatic rings. The van der Waals surface area contributed by atoms with Gasteiger partial charge in [0.05, 0.1) is 6.04 Å². The average Bonchev–Trinajstić information content (AvgIpc) is 2.85. The number of hydrogen-bond donors (Lipinski definition) is 1. The second kappa shape index (κ2) is 6.22. The molecule has 102 valence electrons. The Morgan fingerprint density at radius 1 is 1.26 bits per heavy atom. The molecule has 1 N–H and O–H groups in total. The van der Waals surface area contributed by atoms with Gasteiger partial charge in [-0.2, -0.15) is 0 Å². The van der Waals surface area contributed by atoms with Gasteiger partial charge in [0.25, 0.3) is 0 Å². The van der Waals surface area contributed by atoms with Crippen LogP contribution in [0.1, 0.15) is 37.0 Å². The van der Waals surface area contributed by atoms with E-state index < -0.39 is 0 Å². The third kappa shape index (κ3) is 3.17. The number of hydrogen-bond acceptors (Lipinski definition) is 2. The van der Waals surface area contributed by atoms with Crippen LogP contribution < -0.4 is 5.32 Å². The third-order valence-corrected chi connectivity index (χ3v) is 3.23. The first-order valence-electron chi connectivity index (χ1n) is 6.42. The summed E-state index contributed by atoms with van der Waals surface area (Å²) in [5.74, 6) is 1.29. The molecule has 0 saturated carbocycles. The number of halogens is 2. The minimum atomic E-state index is -0.326. The lowest BCUT2D eigenvalue weighted by Crippen LogP contribution is -2.22. The molecule has 0 fully saturated rings. The quantitative estimate of drug-likeness (QED) is 0.882. The highest BCUT2D eigenvalue weighted by Gasteiger charge is 2.20. The lowest BCUT2D eigenvalue weighted by atomic mass is 10.0. The van der Waals surface area contributed by atoms with Gasteiger partial charge in [-0.1, -0.05) is 31.5 Å². The van der Waals surface area contributed by atoms with E-state index in [-0.39, 0.29) is 11.9 Å². The molecule has 0 saturated heterocycles. The fourth-order valence-electron chi connectivity index (χ4n) is 2.04. The maximum atomic E-state index is 14.0. The molecule has 4 heteroatoms. The first-order valence-corrected chi connectivity index (χ1v) is 6.80. The third-order valence-electron chi connectivity index (χ3n) is 3.00. The van der Waals surface area contributed by atoms with Crippen LogP contribution >= 0.6 is 11.6 Å². The summed E-state index contributed by atoms with van der Waals surface area (Å²) in [5, 5.41) is 3.63. The Balaban J connectivity index is 2.38. The first kappa shape index (κ1) is 14.1. The van der Waals surface area contributed by atoms with Crippen LogP contribution in [0.25, 0.3) is 0 Å². The Bertz CT molecular complexity index is 553. The summed E-state index contributed by atoms with van der Waals surface area (Å²) in [4.78, 5) is 0. The summed E-state index contributed by atoms with van der Waals surface area (Å²) in [6, 6.07) is 8.23. The Morgan fingerprint density at radius 3 is 2.63 bits per heavy atom. The van der Waals surface area contributed by atoms with Crippen LogP contribution in [0.5, 0.6) is 0 Å². The van der Waals surface area contributed by atoms with Crippen molar-refractivity contribution in [3.8, 4) is 0 Å².